The van der Waals surface area contributed by atoms with Gasteiger partial charge in [-0.25, -0.2) is 0 Å². The molecule has 1 atom stereocenters. The molecular weight excluding hydrogens is 142 g/mol. The van der Waals surface area contributed by atoms with Crippen LogP contribution >= 0.6 is 0 Å². The van der Waals surface area contributed by atoms with Crippen molar-refractivity contribution in [3.63, 3.8) is 0 Å². The molecule has 0 amide bonds. The monoisotopic (exact) mass is 161 g/mol. The van der Waals surface area contributed by atoms with Crippen molar-refractivity contribution in [1.82, 2.24) is 5.32 Å². The fraction of sp³-hybridized carbons (Fsp3) is 1.00. The predicted octanol–water partition coefficient (Wildman–Crippen LogP) is 0.993. The van der Waals surface area contributed by atoms with E-state index in [2.05, 4.69) is 5.32 Å². The van der Waals surface area contributed by atoms with Crippen LogP contribution in [0.3, 0.4) is 0 Å². The van der Waals surface area contributed by atoms with Gasteiger partial charge in [0.1, 0.15) is 0 Å². The van der Waals surface area contributed by atoms with Crippen LogP contribution in [0.15, 0.2) is 0 Å². The third-order valence-electron chi connectivity index (χ3n) is 1.50. The maximum atomic E-state index is 5.50. The second kappa shape index (κ2) is 4.04. The molecule has 68 valence electrons. The van der Waals surface area contributed by atoms with Crippen molar-refractivity contribution in [3.05, 3.63) is 0 Å². The Bertz CT molecular complexity index is 115. The van der Waals surface area contributed by atoms with Crippen molar-refractivity contribution in [3.8, 4) is 0 Å². The molecule has 1 aliphatic rings. The van der Waals surface area contributed by atoms with Crippen molar-refractivity contribution in [2.45, 2.75) is 33.2 Å². The zero-order valence-electron chi connectivity index (χ0n) is 6.81. The first-order valence-corrected chi connectivity index (χ1v) is 3.60. The second-order valence-electron chi connectivity index (χ2n) is 3.01. The standard InChI is InChI=1S/C7H15NO2.CH4/c1-7(2)9-5-6(10-7)4-8-3;/h6,8H,4-5H2,1-3H3;1H4. The lowest BCUT2D eigenvalue weighted by Gasteiger charge is -2.16. The summed E-state index contributed by atoms with van der Waals surface area (Å²) < 4.78 is 10.8. The van der Waals surface area contributed by atoms with Gasteiger partial charge < -0.3 is 14.8 Å². The molecule has 0 spiro atoms. The van der Waals surface area contributed by atoms with E-state index in [1.165, 1.54) is 0 Å². The third-order valence-corrected chi connectivity index (χ3v) is 1.50. The highest BCUT2D eigenvalue weighted by molar-refractivity contribution is 4.71. The molecule has 0 bridgehead atoms. The Hall–Kier alpha value is -0.120. The fourth-order valence-electron chi connectivity index (χ4n) is 1.09. The number of hydrogen-bond donors (Lipinski definition) is 1. The minimum absolute atomic E-state index is 0. The molecule has 3 heteroatoms. The van der Waals surface area contributed by atoms with E-state index in [4.69, 9.17) is 9.47 Å². The van der Waals surface area contributed by atoms with E-state index in [1.54, 1.807) is 0 Å². The van der Waals surface area contributed by atoms with Crippen molar-refractivity contribution < 1.29 is 9.47 Å². The normalized spacial score (nSPS) is 28.1. The molecule has 1 rings (SSSR count). The van der Waals surface area contributed by atoms with Crippen LogP contribution in [-0.4, -0.2) is 32.1 Å². The molecule has 1 unspecified atom stereocenters. The van der Waals surface area contributed by atoms with Gasteiger partial charge in [-0.2, -0.15) is 0 Å². The second-order valence-corrected chi connectivity index (χ2v) is 3.01. The van der Waals surface area contributed by atoms with E-state index in [9.17, 15) is 0 Å². The molecule has 3 nitrogen and oxygen atoms in total. The third kappa shape index (κ3) is 3.18. The summed E-state index contributed by atoms with van der Waals surface area (Å²) in [4.78, 5) is 0. The summed E-state index contributed by atoms with van der Waals surface area (Å²) in [6.07, 6.45) is 0.222. The Balaban J connectivity index is 0.000001000. The van der Waals surface area contributed by atoms with E-state index in [0.29, 0.717) is 6.61 Å². The van der Waals surface area contributed by atoms with E-state index in [1.807, 2.05) is 20.9 Å². The van der Waals surface area contributed by atoms with E-state index in [0.717, 1.165) is 6.54 Å². The van der Waals surface area contributed by atoms with Crippen molar-refractivity contribution in [2.24, 2.45) is 0 Å². The summed E-state index contributed by atoms with van der Waals surface area (Å²) >= 11 is 0. The van der Waals surface area contributed by atoms with Crippen LogP contribution in [0.4, 0.5) is 0 Å². The number of hydrogen-bond acceptors (Lipinski definition) is 3. The molecule has 0 radical (unpaired) electrons. The lowest BCUT2D eigenvalue weighted by Crippen LogP contribution is -2.28. The first-order chi connectivity index (χ1) is 4.64. The summed E-state index contributed by atoms with van der Waals surface area (Å²) in [6.45, 7) is 5.43. The average Bonchev–Trinajstić information content (AvgIpc) is 2.12. The topological polar surface area (TPSA) is 30.5 Å². The summed E-state index contributed by atoms with van der Waals surface area (Å²) in [6, 6.07) is 0. The minimum Gasteiger partial charge on any atom is -0.348 e. The molecule has 1 N–H and O–H groups in total. The van der Waals surface area contributed by atoms with E-state index in [-0.39, 0.29) is 19.3 Å². The Labute approximate surface area is 69.1 Å². The summed E-state index contributed by atoms with van der Waals surface area (Å²) in [5.74, 6) is -0.373. The van der Waals surface area contributed by atoms with E-state index >= 15 is 0 Å². The molecule has 1 fully saturated rings. The lowest BCUT2D eigenvalue weighted by molar-refractivity contribution is -0.137. The van der Waals surface area contributed by atoms with E-state index < -0.39 is 0 Å². The van der Waals surface area contributed by atoms with Gasteiger partial charge >= 0.3 is 0 Å². The highest BCUT2D eigenvalue weighted by atomic mass is 16.7. The van der Waals surface area contributed by atoms with Gasteiger partial charge in [-0.05, 0) is 20.9 Å². The molecule has 11 heavy (non-hydrogen) atoms. The first-order valence-electron chi connectivity index (χ1n) is 3.60. The lowest BCUT2D eigenvalue weighted by atomic mass is 10.4. The maximum absolute atomic E-state index is 5.50. The van der Waals surface area contributed by atoms with Crippen LogP contribution < -0.4 is 5.32 Å². The Morgan fingerprint density at radius 2 is 2.18 bits per heavy atom. The largest absolute Gasteiger partial charge is 0.348 e. The number of nitrogens with one attached hydrogen (secondary N) is 1. The molecule has 0 saturated carbocycles. The van der Waals surface area contributed by atoms with Crippen LogP contribution in [-0.2, 0) is 9.47 Å². The molecule has 1 aliphatic heterocycles. The zero-order valence-corrected chi connectivity index (χ0v) is 6.81. The molecular formula is C8H19NO2. The van der Waals surface area contributed by atoms with Crippen LogP contribution in [0.25, 0.3) is 0 Å². The first kappa shape index (κ1) is 10.9. The Morgan fingerprint density at radius 3 is 2.55 bits per heavy atom. The van der Waals surface area contributed by atoms with Gasteiger partial charge in [0, 0.05) is 6.54 Å². The number of rotatable bonds is 2. The number of likely N-dealkylation sites (N-methyl/N-ethyl adjacent to an activating group) is 1. The SMILES string of the molecule is C.CNCC1COC(C)(C)O1. The fourth-order valence-corrected chi connectivity index (χ4v) is 1.09. The van der Waals surface area contributed by atoms with Crippen molar-refractivity contribution in [1.29, 1.82) is 0 Å². The van der Waals surface area contributed by atoms with Gasteiger partial charge in [0.25, 0.3) is 0 Å². The molecule has 0 aromatic carbocycles. The van der Waals surface area contributed by atoms with Crippen LogP contribution in [0.1, 0.15) is 21.3 Å². The molecule has 0 aromatic heterocycles. The Kier molecular flexibility index (Phi) is 4.00. The van der Waals surface area contributed by atoms with Crippen LogP contribution in [0.2, 0.25) is 0 Å². The van der Waals surface area contributed by atoms with Crippen molar-refractivity contribution in [2.75, 3.05) is 20.2 Å². The summed E-state index contributed by atoms with van der Waals surface area (Å²) in [7, 11) is 1.91. The smallest absolute Gasteiger partial charge is 0.163 e. The van der Waals surface area contributed by atoms with Gasteiger partial charge in [-0.15, -0.1) is 0 Å². The van der Waals surface area contributed by atoms with Crippen molar-refractivity contribution >= 4 is 0 Å². The van der Waals surface area contributed by atoms with Gasteiger partial charge in [0.2, 0.25) is 0 Å². The summed E-state index contributed by atoms with van der Waals surface area (Å²) in [5, 5.41) is 3.04. The van der Waals surface area contributed by atoms with Gasteiger partial charge in [-0.3, -0.25) is 0 Å². The molecule has 0 aromatic rings. The molecule has 1 saturated heterocycles. The summed E-state index contributed by atoms with van der Waals surface area (Å²) in [5.41, 5.74) is 0. The quantitative estimate of drug-likeness (QED) is 0.655. The van der Waals surface area contributed by atoms with Gasteiger partial charge in [0.15, 0.2) is 5.79 Å². The van der Waals surface area contributed by atoms with Crippen LogP contribution in [0.5, 0.6) is 0 Å². The Morgan fingerprint density at radius 1 is 1.55 bits per heavy atom. The maximum Gasteiger partial charge on any atom is 0.163 e. The predicted molar refractivity (Wildman–Crippen MR) is 45.6 cm³/mol. The highest BCUT2D eigenvalue weighted by Gasteiger charge is 2.31. The number of ether oxygens (including phenoxy) is 2. The minimum atomic E-state index is -0.373. The highest BCUT2D eigenvalue weighted by Crippen LogP contribution is 2.21. The average molecular weight is 161 g/mol. The van der Waals surface area contributed by atoms with Gasteiger partial charge in [0.05, 0.1) is 12.7 Å². The van der Waals surface area contributed by atoms with Crippen LogP contribution in [0, 0.1) is 0 Å². The van der Waals surface area contributed by atoms with Gasteiger partial charge in [-0.1, -0.05) is 7.43 Å². The molecule has 1 heterocycles. The zero-order chi connectivity index (χ0) is 7.61. The molecule has 0 aliphatic carbocycles.